The highest BCUT2D eigenvalue weighted by Crippen LogP contribution is 2.23. The Morgan fingerprint density at radius 2 is 2.20 bits per heavy atom. The molecule has 1 rings (SSSR count). The lowest BCUT2D eigenvalue weighted by Gasteiger charge is -2.32. The quantitative estimate of drug-likeness (QED) is 0.810. The van der Waals surface area contributed by atoms with Crippen LogP contribution in [-0.4, -0.2) is 25.0 Å². The van der Waals surface area contributed by atoms with Gasteiger partial charge >= 0.3 is 0 Å². The summed E-state index contributed by atoms with van der Waals surface area (Å²) in [6, 6.07) is 2.38. The second-order valence-corrected chi connectivity index (χ2v) is 5.02. The Morgan fingerprint density at radius 3 is 2.67 bits per heavy atom. The number of furan rings is 1. The van der Waals surface area contributed by atoms with E-state index in [1.807, 2.05) is 6.07 Å². The maximum atomic E-state index is 5.73. The van der Waals surface area contributed by atoms with Gasteiger partial charge < -0.3 is 10.2 Å². The van der Waals surface area contributed by atoms with Crippen LogP contribution in [0.2, 0.25) is 0 Å². The summed E-state index contributed by atoms with van der Waals surface area (Å²) in [6.07, 6.45) is 3.52. The number of nitrogens with two attached hydrogens (primary N) is 1. The van der Waals surface area contributed by atoms with E-state index in [-0.39, 0.29) is 5.41 Å². The molecule has 3 heteroatoms. The highest BCUT2D eigenvalue weighted by molar-refractivity contribution is 5.10. The molecule has 1 aromatic heterocycles. The molecule has 0 bridgehead atoms. The smallest absolute Gasteiger partial charge is 0.0950 e. The fourth-order valence-electron chi connectivity index (χ4n) is 1.64. The van der Waals surface area contributed by atoms with Gasteiger partial charge in [0, 0.05) is 18.2 Å². The summed E-state index contributed by atoms with van der Waals surface area (Å²) in [4.78, 5) is 2.30. The van der Waals surface area contributed by atoms with Crippen molar-refractivity contribution in [2.75, 3.05) is 20.1 Å². The van der Waals surface area contributed by atoms with E-state index in [1.165, 1.54) is 5.56 Å². The first-order chi connectivity index (χ1) is 6.96. The van der Waals surface area contributed by atoms with Crippen LogP contribution in [-0.2, 0) is 0 Å². The first kappa shape index (κ1) is 12.3. The molecule has 3 nitrogen and oxygen atoms in total. The van der Waals surface area contributed by atoms with Gasteiger partial charge in [-0.15, -0.1) is 0 Å². The SMILES string of the molecule is CC(c1ccoc1)N(C)CC(C)(C)CN. The van der Waals surface area contributed by atoms with Gasteiger partial charge in [0.05, 0.1) is 12.5 Å². The summed E-state index contributed by atoms with van der Waals surface area (Å²) in [6.45, 7) is 8.24. The van der Waals surface area contributed by atoms with E-state index in [4.69, 9.17) is 10.2 Å². The van der Waals surface area contributed by atoms with Crippen LogP contribution in [0.15, 0.2) is 23.0 Å². The number of rotatable bonds is 5. The van der Waals surface area contributed by atoms with Gasteiger partial charge in [0.2, 0.25) is 0 Å². The molecule has 1 atom stereocenters. The van der Waals surface area contributed by atoms with E-state index in [0.29, 0.717) is 12.6 Å². The molecule has 0 radical (unpaired) electrons. The van der Waals surface area contributed by atoms with E-state index in [1.54, 1.807) is 12.5 Å². The number of nitrogens with zero attached hydrogens (tertiary/aromatic N) is 1. The largest absolute Gasteiger partial charge is 0.472 e. The van der Waals surface area contributed by atoms with Crippen LogP contribution in [0, 0.1) is 5.41 Å². The maximum Gasteiger partial charge on any atom is 0.0950 e. The molecule has 15 heavy (non-hydrogen) atoms. The third-order valence-corrected chi connectivity index (χ3v) is 2.92. The van der Waals surface area contributed by atoms with Crippen molar-refractivity contribution < 1.29 is 4.42 Å². The van der Waals surface area contributed by atoms with Gasteiger partial charge in [-0.05, 0) is 32.0 Å². The monoisotopic (exact) mass is 210 g/mol. The second-order valence-electron chi connectivity index (χ2n) is 5.02. The van der Waals surface area contributed by atoms with Gasteiger partial charge in [0.1, 0.15) is 0 Å². The summed E-state index contributed by atoms with van der Waals surface area (Å²) in [5.74, 6) is 0. The van der Waals surface area contributed by atoms with Gasteiger partial charge in [-0.25, -0.2) is 0 Å². The van der Waals surface area contributed by atoms with Crippen LogP contribution in [0.1, 0.15) is 32.4 Å². The zero-order valence-corrected chi connectivity index (χ0v) is 10.2. The lowest BCUT2D eigenvalue weighted by molar-refractivity contribution is 0.173. The highest BCUT2D eigenvalue weighted by atomic mass is 16.3. The fraction of sp³-hybridized carbons (Fsp3) is 0.667. The van der Waals surface area contributed by atoms with E-state index >= 15 is 0 Å². The van der Waals surface area contributed by atoms with Crippen LogP contribution >= 0.6 is 0 Å². The van der Waals surface area contributed by atoms with Crippen LogP contribution in [0.4, 0.5) is 0 Å². The molecule has 0 saturated heterocycles. The molecule has 0 aliphatic heterocycles. The van der Waals surface area contributed by atoms with Crippen molar-refractivity contribution >= 4 is 0 Å². The van der Waals surface area contributed by atoms with Gasteiger partial charge in [-0.2, -0.15) is 0 Å². The first-order valence-electron chi connectivity index (χ1n) is 5.39. The topological polar surface area (TPSA) is 42.4 Å². The van der Waals surface area contributed by atoms with Crippen molar-refractivity contribution in [3.63, 3.8) is 0 Å². The fourth-order valence-corrected chi connectivity index (χ4v) is 1.64. The first-order valence-corrected chi connectivity index (χ1v) is 5.39. The Morgan fingerprint density at radius 1 is 1.53 bits per heavy atom. The van der Waals surface area contributed by atoms with Crippen LogP contribution in [0.25, 0.3) is 0 Å². The van der Waals surface area contributed by atoms with E-state index in [2.05, 4.69) is 32.7 Å². The van der Waals surface area contributed by atoms with Crippen molar-refractivity contribution in [3.05, 3.63) is 24.2 Å². The Balaban J connectivity index is 2.58. The van der Waals surface area contributed by atoms with Gasteiger partial charge in [-0.1, -0.05) is 13.8 Å². The molecule has 2 N–H and O–H groups in total. The molecule has 0 spiro atoms. The number of hydrogen-bond donors (Lipinski definition) is 1. The molecule has 0 fully saturated rings. The van der Waals surface area contributed by atoms with E-state index in [9.17, 15) is 0 Å². The lowest BCUT2D eigenvalue weighted by Crippen LogP contribution is -2.37. The average Bonchev–Trinajstić information content (AvgIpc) is 2.68. The summed E-state index contributed by atoms with van der Waals surface area (Å²) in [7, 11) is 2.12. The van der Waals surface area contributed by atoms with E-state index in [0.717, 1.165) is 6.54 Å². The molecule has 0 saturated carbocycles. The average molecular weight is 210 g/mol. The molecule has 0 aromatic carbocycles. The summed E-state index contributed by atoms with van der Waals surface area (Å²) in [5.41, 5.74) is 7.10. The van der Waals surface area contributed by atoms with Gasteiger partial charge in [0.15, 0.2) is 0 Å². The van der Waals surface area contributed by atoms with Crippen LogP contribution in [0.3, 0.4) is 0 Å². The summed E-state index contributed by atoms with van der Waals surface area (Å²) < 4.78 is 5.09. The number of hydrogen-bond acceptors (Lipinski definition) is 3. The normalized spacial score (nSPS) is 14.5. The standard InChI is InChI=1S/C12H22N2O/c1-10(11-5-6-15-7-11)14(4)9-12(2,3)8-13/h5-7,10H,8-9,13H2,1-4H3. The zero-order chi connectivity index (χ0) is 11.5. The molecule has 1 heterocycles. The maximum absolute atomic E-state index is 5.73. The third kappa shape index (κ3) is 3.36. The van der Waals surface area contributed by atoms with Crippen LogP contribution < -0.4 is 5.73 Å². The van der Waals surface area contributed by atoms with Crippen molar-refractivity contribution in [1.82, 2.24) is 4.90 Å². The Bertz CT molecular complexity index is 280. The van der Waals surface area contributed by atoms with Crippen molar-refractivity contribution in [2.24, 2.45) is 11.1 Å². The molecule has 0 aliphatic rings. The molecule has 0 amide bonds. The lowest BCUT2D eigenvalue weighted by atomic mass is 9.92. The van der Waals surface area contributed by atoms with Gasteiger partial charge in [0.25, 0.3) is 0 Å². The van der Waals surface area contributed by atoms with E-state index < -0.39 is 0 Å². The minimum absolute atomic E-state index is 0.159. The minimum atomic E-state index is 0.159. The molecule has 0 aliphatic carbocycles. The molecular weight excluding hydrogens is 188 g/mol. The van der Waals surface area contributed by atoms with Crippen LogP contribution in [0.5, 0.6) is 0 Å². The van der Waals surface area contributed by atoms with Gasteiger partial charge in [-0.3, -0.25) is 4.90 Å². The molecule has 86 valence electrons. The summed E-state index contributed by atoms with van der Waals surface area (Å²) >= 11 is 0. The molecular formula is C12H22N2O. The van der Waals surface area contributed by atoms with Crippen molar-refractivity contribution in [1.29, 1.82) is 0 Å². The predicted octanol–water partition coefficient (Wildman–Crippen LogP) is 2.26. The second kappa shape index (κ2) is 4.81. The minimum Gasteiger partial charge on any atom is -0.472 e. The molecule has 1 unspecified atom stereocenters. The predicted molar refractivity (Wildman–Crippen MR) is 62.6 cm³/mol. The molecule has 1 aromatic rings. The Labute approximate surface area is 92.2 Å². The Kier molecular flexibility index (Phi) is 3.94. The van der Waals surface area contributed by atoms with Crippen molar-refractivity contribution in [2.45, 2.75) is 26.8 Å². The Hall–Kier alpha value is -0.800. The van der Waals surface area contributed by atoms with Crippen molar-refractivity contribution in [3.8, 4) is 0 Å². The zero-order valence-electron chi connectivity index (χ0n) is 10.2. The third-order valence-electron chi connectivity index (χ3n) is 2.92. The summed E-state index contributed by atoms with van der Waals surface area (Å²) in [5, 5.41) is 0. The highest BCUT2D eigenvalue weighted by Gasteiger charge is 2.21.